The molecule has 0 saturated carbocycles. The van der Waals surface area contributed by atoms with Crippen molar-refractivity contribution >= 4 is 28.9 Å². The molecule has 2 aromatic rings. The van der Waals surface area contributed by atoms with Crippen LogP contribution in [0.25, 0.3) is 0 Å². The van der Waals surface area contributed by atoms with Crippen LogP contribution in [0.5, 0.6) is 0 Å². The van der Waals surface area contributed by atoms with Gasteiger partial charge in [0.25, 0.3) is 5.91 Å². The predicted octanol–water partition coefficient (Wildman–Crippen LogP) is 3.87. The third kappa shape index (κ3) is 5.21. The van der Waals surface area contributed by atoms with Gasteiger partial charge >= 0.3 is 5.97 Å². The lowest BCUT2D eigenvalue weighted by atomic mass is 10.1. The molecule has 0 radical (unpaired) electrons. The fourth-order valence-electron chi connectivity index (χ4n) is 2.18. The van der Waals surface area contributed by atoms with Gasteiger partial charge in [0.2, 0.25) is 0 Å². The standard InChI is InChI=1S/C18H21NO3S/c1-12-4-6-16(13(2)10-12)19-18(21)14(3)22-17(20)7-5-15-8-9-23-11-15/h4,6,8-11,14H,5,7H2,1-3H3,(H,19,21)/t14-/m0/s1. The van der Waals surface area contributed by atoms with Gasteiger partial charge < -0.3 is 10.1 Å². The van der Waals surface area contributed by atoms with E-state index in [0.29, 0.717) is 6.42 Å². The Hall–Kier alpha value is -2.14. The fraction of sp³-hybridized carbons (Fsp3) is 0.333. The summed E-state index contributed by atoms with van der Waals surface area (Å²) in [5.41, 5.74) is 3.96. The van der Waals surface area contributed by atoms with Crippen LogP contribution in [0.3, 0.4) is 0 Å². The van der Waals surface area contributed by atoms with E-state index in [1.165, 1.54) is 0 Å². The molecule has 1 heterocycles. The van der Waals surface area contributed by atoms with Gasteiger partial charge in [-0.25, -0.2) is 0 Å². The average molecular weight is 331 g/mol. The van der Waals surface area contributed by atoms with Crippen molar-refractivity contribution < 1.29 is 14.3 Å². The summed E-state index contributed by atoms with van der Waals surface area (Å²) in [5.74, 6) is -0.680. The summed E-state index contributed by atoms with van der Waals surface area (Å²) in [7, 11) is 0. The summed E-state index contributed by atoms with van der Waals surface area (Å²) in [4.78, 5) is 23.9. The molecular weight excluding hydrogens is 310 g/mol. The van der Waals surface area contributed by atoms with Crippen LogP contribution >= 0.6 is 11.3 Å². The van der Waals surface area contributed by atoms with Crippen molar-refractivity contribution in [3.8, 4) is 0 Å². The van der Waals surface area contributed by atoms with Crippen LogP contribution in [0.2, 0.25) is 0 Å². The van der Waals surface area contributed by atoms with Crippen LogP contribution < -0.4 is 5.32 Å². The van der Waals surface area contributed by atoms with E-state index in [1.54, 1.807) is 18.3 Å². The maximum atomic E-state index is 12.1. The van der Waals surface area contributed by atoms with E-state index < -0.39 is 6.10 Å². The Balaban J connectivity index is 1.83. The Labute approximate surface area is 140 Å². The zero-order valence-electron chi connectivity index (χ0n) is 13.6. The molecule has 5 heteroatoms. The minimum Gasteiger partial charge on any atom is -0.453 e. The first kappa shape index (κ1) is 17.2. The Morgan fingerprint density at radius 1 is 1.26 bits per heavy atom. The Bertz CT molecular complexity index is 680. The number of benzene rings is 1. The first-order valence-corrected chi connectivity index (χ1v) is 8.48. The zero-order valence-corrected chi connectivity index (χ0v) is 14.4. The molecule has 23 heavy (non-hydrogen) atoms. The average Bonchev–Trinajstić information content (AvgIpc) is 3.01. The first-order valence-electron chi connectivity index (χ1n) is 7.54. The summed E-state index contributed by atoms with van der Waals surface area (Å²) >= 11 is 1.60. The largest absolute Gasteiger partial charge is 0.453 e. The fourth-order valence-corrected chi connectivity index (χ4v) is 2.88. The number of carbonyl (C=O) groups excluding carboxylic acids is 2. The molecule has 0 aliphatic heterocycles. The van der Waals surface area contributed by atoms with Crippen molar-refractivity contribution in [3.63, 3.8) is 0 Å². The van der Waals surface area contributed by atoms with Crippen LogP contribution in [0.1, 0.15) is 30.0 Å². The highest BCUT2D eigenvalue weighted by atomic mass is 32.1. The number of ether oxygens (including phenoxy) is 1. The minimum absolute atomic E-state index is 0.276. The molecule has 1 atom stereocenters. The van der Waals surface area contributed by atoms with Crippen molar-refractivity contribution in [1.82, 2.24) is 0 Å². The van der Waals surface area contributed by atoms with E-state index in [1.807, 2.05) is 48.9 Å². The zero-order chi connectivity index (χ0) is 16.8. The Morgan fingerprint density at radius 2 is 2.04 bits per heavy atom. The van der Waals surface area contributed by atoms with Gasteiger partial charge in [0.05, 0.1) is 0 Å². The smallest absolute Gasteiger partial charge is 0.306 e. The van der Waals surface area contributed by atoms with Gasteiger partial charge in [0, 0.05) is 12.1 Å². The number of esters is 1. The molecule has 122 valence electrons. The van der Waals surface area contributed by atoms with Gasteiger partial charge in [-0.3, -0.25) is 9.59 Å². The molecule has 0 saturated heterocycles. The van der Waals surface area contributed by atoms with Gasteiger partial charge in [-0.1, -0.05) is 17.7 Å². The molecule has 0 bridgehead atoms. The van der Waals surface area contributed by atoms with Crippen LogP contribution in [0, 0.1) is 13.8 Å². The molecule has 1 aromatic carbocycles. The maximum Gasteiger partial charge on any atom is 0.306 e. The Kier molecular flexibility index (Phi) is 5.93. The second-order valence-electron chi connectivity index (χ2n) is 5.57. The van der Waals surface area contributed by atoms with Crippen molar-refractivity contribution in [2.45, 2.75) is 39.7 Å². The number of hydrogen-bond acceptors (Lipinski definition) is 4. The lowest BCUT2D eigenvalue weighted by Gasteiger charge is -2.15. The summed E-state index contributed by atoms with van der Waals surface area (Å²) in [6.07, 6.45) is 0.0942. The van der Waals surface area contributed by atoms with Crippen LogP contribution in [-0.2, 0) is 20.7 Å². The number of rotatable bonds is 6. The van der Waals surface area contributed by atoms with E-state index >= 15 is 0 Å². The lowest BCUT2D eigenvalue weighted by Crippen LogP contribution is -2.30. The van der Waals surface area contributed by atoms with Crippen LogP contribution in [0.15, 0.2) is 35.0 Å². The SMILES string of the molecule is Cc1ccc(NC(=O)[C@H](C)OC(=O)CCc2ccsc2)c(C)c1. The summed E-state index contributed by atoms with van der Waals surface area (Å²) in [6, 6.07) is 7.76. The molecule has 2 rings (SSSR count). The van der Waals surface area contributed by atoms with Gasteiger partial charge in [-0.2, -0.15) is 11.3 Å². The van der Waals surface area contributed by atoms with E-state index in [-0.39, 0.29) is 18.3 Å². The maximum absolute atomic E-state index is 12.1. The second kappa shape index (κ2) is 7.92. The minimum atomic E-state index is -0.814. The molecule has 0 spiro atoms. The molecule has 4 nitrogen and oxygen atoms in total. The van der Waals surface area contributed by atoms with Crippen molar-refractivity contribution in [2.75, 3.05) is 5.32 Å². The van der Waals surface area contributed by atoms with Crippen molar-refractivity contribution in [3.05, 3.63) is 51.7 Å². The molecule has 1 aromatic heterocycles. The monoisotopic (exact) mass is 331 g/mol. The molecule has 1 amide bonds. The number of nitrogens with one attached hydrogen (secondary N) is 1. The highest BCUT2D eigenvalue weighted by Crippen LogP contribution is 2.16. The highest BCUT2D eigenvalue weighted by molar-refractivity contribution is 7.07. The topological polar surface area (TPSA) is 55.4 Å². The predicted molar refractivity (Wildman–Crippen MR) is 92.7 cm³/mol. The summed E-state index contributed by atoms with van der Waals surface area (Å²) < 4.78 is 5.20. The molecule has 0 unspecified atom stereocenters. The van der Waals surface area contributed by atoms with Gasteiger partial charge in [-0.05, 0) is 61.2 Å². The number of anilines is 1. The van der Waals surface area contributed by atoms with Crippen LogP contribution in [-0.4, -0.2) is 18.0 Å². The van der Waals surface area contributed by atoms with Crippen molar-refractivity contribution in [1.29, 1.82) is 0 Å². The van der Waals surface area contributed by atoms with Gasteiger partial charge in [0.1, 0.15) is 0 Å². The quantitative estimate of drug-likeness (QED) is 0.818. The molecule has 1 N–H and O–H groups in total. The molecular formula is C18H21NO3S. The van der Waals surface area contributed by atoms with E-state index in [2.05, 4.69) is 5.32 Å². The van der Waals surface area contributed by atoms with Gasteiger partial charge in [-0.15, -0.1) is 0 Å². The Morgan fingerprint density at radius 3 is 2.70 bits per heavy atom. The molecule has 0 aliphatic carbocycles. The number of hydrogen-bond donors (Lipinski definition) is 1. The van der Waals surface area contributed by atoms with Crippen LogP contribution in [0.4, 0.5) is 5.69 Å². The summed E-state index contributed by atoms with van der Waals surface area (Å²) in [5, 5.41) is 6.77. The molecule has 0 aliphatic rings. The van der Waals surface area contributed by atoms with E-state index in [0.717, 1.165) is 22.4 Å². The van der Waals surface area contributed by atoms with E-state index in [9.17, 15) is 9.59 Å². The highest BCUT2D eigenvalue weighted by Gasteiger charge is 2.18. The lowest BCUT2D eigenvalue weighted by molar-refractivity contribution is -0.153. The number of thiophene rings is 1. The normalized spacial score (nSPS) is 11.8. The molecule has 0 fully saturated rings. The van der Waals surface area contributed by atoms with Crippen molar-refractivity contribution in [2.24, 2.45) is 0 Å². The number of aryl methyl sites for hydroxylation is 3. The second-order valence-corrected chi connectivity index (χ2v) is 6.35. The number of amides is 1. The third-order valence-electron chi connectivity index (χ3n) is 3.52. The first-order chi connectivity index (χ1) is 11.0. The van der Waals surface area contributed by atoms with Gasteiger partial charge in [0.15, 0.2) is 6.10 Å². The van der Waals surface area contributed by atoms with E-state index in [4.69, 9.17) is 4.74 Å². The summed E-state index contributed by atoms with van der Waals surface area (Å²) in [6.45, 7) is 5.51. The number of carbonyl (C=O) groups is 2. The third-order valence-corrected chi connectivity index (χ3v) is 4.25.